The Hall–Kier alpha value is -0.713. The van der Waals surface area contributed by atoms with Gasteiger partial charge in [0.2, 0.25) is 0 Å². The van der Waals surface area contributed by atoms with Gasteiger partial charge in [0.15, 0.2) is 0 Å². The fourth-order valence-electron chi connectivity index (χ4n) is 1.70. The molecule has 78 valence electrons. The van der Waals surface area contributed by atoms with Crippen LogP contribution in [0.15, 0.2) is 48.8 Å². The van der Waals surface area contributed by atoms with Crippen LogP contribution in [0.2, 0.25) is 0 Å². The summed E-state index contributed by atoms with van der Waals surface area (Å²) >= 11 is 0. The van der Waals surface area contributed by atoms with Crippen LogP contribution in [0.1, 0.15) is 0 Å². The third-order valence-corrected chi connectivity index (χ3v) is 2.35. The van der Waals surface area contributed by atoms with Gasteiger partial charge in [-0.25, -0.2) is 0 Å². The Balaban J connectivity index is 0.000000853. The summed E-state index contributed by atoms with van der Waals surface area (Å²) in [5, 5.41) is 2.28. The Morgan fingerprint density at radius 3 is 2.53 bits per heavy atom. The van der Waals surface area contributed by atoms with Crippen LogP contribution >= 0.6 is 0 Å². The SMILES string of the molecule is [Er].c1cnc2c(c1)ccc1ncccc12. The van der Waals surface area contributed by atoms with Gasteiger partial charge in [0.1, 0.15) is 0 Å². The first-order valence-corrected chi connectivity index (χ1v) is 4.53. The molecule has 0 N–H and O–H groups in total. The second kappa shape index (κ2) is 4.43. The Morgan fingerprint density at radius 2 is 1.60 bits per heavy atom. The molecule has 0 atom stereocenters. The van der Waals surface area contributed by atoms with E-state index in [1.165, 1.54) is 0 Å². The molecule has 3 rings (SSSR count). The first kappa shape index (κ1) is 10.8. The molecule has 0 aliphatic rings. The summed E-state index contributed by atoms with van der Waals surface area (Å²) in [6.45, 7) is 0. The van der Waals surface area contributed by atoms with Crippen LogP contribution in [0, 0.1) is 37.3 Å². The standard InChI is InChI=1S/C12H8N2.Er/c1-3-9-5-6-11-10(4-2-7-13-11)12(9)14-8-1;/h1-8H;. The number of hydrogen-bond acceptors (Lipinski definition) is 2. The van der Waals surface area contributed by atoms with Gasteiger partial charge in [0, 0.05) is 60.5 Å². The van der Waals surface area contributed by atoms with Crippen molar-refractivity contribution in [3.05, 3.63) is 48.8 Å². The molecular formula is C12H8ErN2. The van der Waals surface area contributed by atoms with Gasteiger partial charge in [0.05, 0.1) is 11.0 Å². The monoisotopic (exact) mass is 346 g/mol. The van der Waals surface area contributed by atoms with E-state index in [4.69, 9.17) is 0 Å². The van der Waals surface area contributed by atoms with E-state index in [2.05, 4.69) is 28.2 Å². The summed E-state index contributed by atoms with van der Waals surface area (Å²) in [4.78, 5) is 8.66. The summed E-state index contributed by atoms with van der Waals surface area (Å²) in [6.07, 6.45) is 3.62. The van der Waals surface area contributed by atoms with Crippen LogP contribution in [0.3, 0.4) is 0 Å². The maximum absolute atomic E-state index is 4.37. The molecule has 0 bridgehead atoms. The van der Waals surface area contributed by atoms with E-state index in [0.717, 1.165) is 21.8 Å². The maximum Gasteiger partial charge on any atom is 0.0795 e. The molecule has 2 heterocycles. The van der Waals surface area contributed by atoms with Crippen LogP contribution < -0.4 is 0 Å². The Kier molecular flexibility index (Phi) is 3.19. The quantitative estimate of drug-likeness (QED) is 0.585. The van der Waals surface area contributed by atoms with E-state index >= 15 is 0 Å². The van der Waals surface area contributed by atoms with Crippen LogP contribution in [-0.2, 0) is 0 Å². The summed E-state index contributed by atoms with van der Waals surface area (Å²) in [5.41, 5.74) is 2.02. The molecule has 0 radical (unpaired) electrons. The number of aromatic nitrogens is 2. The van der Waals surface area contributed by atoms with E-state index in [1.54, 1.807) is 6.20 Å². The largest absolute Gasteiger partial charge is 0.256 e. The zero-order valence-corrected chi connectivity index (χ0v) is 9.65. The normalized spacial score (nSPS) is 10.1. The summed E-state index contributed by atoms with van der Waals surface area (Å²) in [7, 11) is 0. The van der Waals surface area contributed by atoms with Crippen molar-refractivity contribution in [2.75, 3.05) is 0 Å². The minimum Gasteiger partial charge on any atom is -0.256 e. The molecule has 0 saturated carbocycles. The van der Waals surface area contributed by atoms with Gasteiger partial charge in [0.25, 0.3) is 0 Å². The van der Waals surface area contributed by atoms with E-state index in [1.807, 2.05) is 24.4 Å². The zero-order chi connectivity index (χ0) is 9.38. The van der Waals surface area contributed by atoms with Crippen molar-refractivity contribution >= 4 is 21.8 Å². The van der Waals surface area contributed by atoms with Crippen molar-refractivity contribution < 1.29 is 37.3 Å². The summed E-state index contributed by atoms with van der Waals surface area (Å²) in [5.74, 6) is 0. The third-order valence-electron chi connectivity index (χ3n) is 2.35. The van der Waals surface area contributed by atoms with Crippen LogP contribution in [0.4, 0.5) is 0 Å². The minimum absolute atomic E-state index is 0. The number of pyridine rings is 2. The average molecular weight is 347 g/mol. The Bertz CT molecular complexity index is 553. The molecule has 0 amide bonds. The molecule has 3 heteroatoms. The predicted octanol–water partition coefficient (Wildman–Crippen LogP) is 2.78. The summed E-state index contributed by atoms with van der Waals surface area (Å²) < 4.78 is 0. The molecule has 0 aliphatic heterocycles. The van der Waals surface area contributed by atoms with Gasteiger partial charge in [-0.2, -0.15) is 0 Å². The Morgan fingerprint density at radius 1 is 0.800 bits per heavy atom. The fraction of sp³-hybridized carbons (Fsp3) is 0. The van der Waals surface area contributed by atoms with E-state index in [0.29, 0.717) is 0 Å². The zero-order valence-electron chi connectivity index (χ0n) is 7.80. The number of nitrogens with zero attached hydrogens (tertiary/aromatic N) is 2. The molecule has 1 aromatic carbocycles. The Labute approximate surface area is 117 Å². The maximum atomic E-state index is 4.37. The molecule has 3 aromatic rings. The van der Waals surface area contributed by atoms with Crippen LogP contribution in [-0.4, -0.2) is 9.97 Å². The van der Waals surface area contributed by atoms with Crippen molar-refractivity contribution in [1.29, 1.82) is 0 Å². The first-order chi connectivity index (χ1) is 6.95. The predicted molar refractivity (Wildman–Crippen MR) is 57.0 cm³/mol. The molecule has 15 heavy (non-hydrogen) atoms. The molecule has 0 spiro atoms. The smallest absolute Gasteiger partial charge is 0.0795 e. The van der Waals surface area contributed by atoms with Crippen molar-refractivity contribution in [1.82, 2.24) is 9.97 Å². The number of hydrogen-bond donors (Lipinski definition) is 0. The topological polar surface area (TPSA) is 25.8 Å². The van der Waals surface area contributed by atoms with Gasteiger partial charge in [-0.15, -0.1) is 0 Å². The number of fused-ring (bicyclic) bond motifs is 3. The third kappa shape index (κ3) is 1.85. The average Bonchev–Trinajstić information content (AvgIpc) is 2.29. The van der Waals surface area contributed by atoms with E-state index < -0.39 is 0 Å². The number of benzene rings is 1. The molecule has 2 nitrogen and oxygen atoms in total. The second-order valence-electron chi connectivity index (χ2n) is 3.21. The minimum atomic E-state index is 0. The second-order valence-corrected chi connectivity index (χ2v) is 3.21. The van der Waals surface area contributed by atoms with Gasteiger partial charge in [-0.05, 0) is 24.3 Å². The van der Waals surface area contributed by atoms with E-state index in [9.17, 15) is 0 Å². The van der Waals surface area contributed by atoms with E-state index in [-0.39, 0.29) is 37.3 Å². The molecule has 0 fully saturated rings. The fourth-order valence-corrected chi connectivity index (χ4v) is 1.70. The first-order valence-electron chi connectivity index (χ1n) is 4.53. The molecule has 0 unspecified atom stereocenters. The molecular weight excluding hydrogens is 339 g/mol. The van der Waals surface area contributed by atoms with Crippen LogP contribution in [0.25, 0.3) is 21.8 Å². The van der Waals surface area contributed by atoms with Crippen molar-refractivity contribution in [3.8, 4) is 0 Å². The molecule has 2 aromatic heterocycles. The van der Waals surface area contributed by atoms with Gasteiger partial charge in [-0.1, -0.05) is 12.1 Å². The van der Waals surface area contributed by atoms with Crippen molar-refractivity contribution in [2.24, 2.45) is 0 Å². The van der Waals surface area contributed by atoms with Crippen LogP contribution in [0.5, 0.6) is 0 Å². The summed E-state index contributed by atoms with van der Waals surface area (Å²) in [6, 6.07) is 12.1. The van der Waals surface area contributed by atoms with Crippen molar-refractivity contribution in [2.45, 2.75) is 0 Å². The van der Waals surface area contributed by atoms with Gasteiger partial charge < -0.3 is 0 Å². The molecule has 0 saturated heterocycles. The van der Waals surface area contributed by atoms with Gasteiger partial charge in [-0.3, -0.25) is 9.97 Å². The number of rotatable bonds is 0. The van der Waals surface area contributed by atoms with Gasteiger partial charge >= 0.3 is 0 Å². The van der Waals surface area contributed by atoms with Crippen molar-refractivity contribution in [3.63, 3.8) is 0 Å². The molecule has 0 aliphatic carbocycles.